The van der Waals surface area contributed by atoms with Gasteiger partial charge in [0.2, 0.25) is 17.7 Å². The highest BCUT2D eigenvalue weighted by Crippen LogP contribution is 2.24. The first-order valence-electron chi connectivity index (χ1n) is 11.1. The molecule has 182 valence electrons. The Hall–Kier alpha value is -3.20. The number of carbonyl (C=O) groups is 2. The highest BCUT2D eigenvalue weighted by atomic mass is 35.5. The number of piperazine rings is 1. The van der Waals surface area contributed by atoms with Crippen LogP contribution >= 0.6 is 22.9 Å². The Labute approximate surface area is 213 Å². The zero-order valence-corrected chi connectivity index (χ0v) is 21.1. The number of rotatable bonds is 8. The molecule has 0 N–H and O–H groups in total. The standard InChI is InChI=1S/C26H26ClN3O4S/c1-33-17-22-26(32)29(14-15-30(22)25(31)13-11-20-10-12-23(27)35-20)16-18-6-8-19(9-7-18)21-4-3-5-24(28-21)34-2/h3-13,22H,14-17H2,1-2H3/t22-/m0/s1. The molecule has 1 aromatic carbocycles. The quantitative estimate of drug-likeness (QED) is 0.420. The van der Waals surface area contributed by atoms with Crippen LogP contribution in [0.2, 0.25) is 4.34 Å². The first-order chi connectivity index (χ1) is 17.0. The average Bonchev–Trinajstić information content (AvgIpc) is 3.30. The van der Waals surface area contributed by atoms with Gasteiger partial charge in [0.25, 0.3) is 0 Å². The second-order valence-corrected chi connectivity index (χ2v) is 9.75. The lowest BCUT2D eigenvalue weighted by Gasteiger charge is -2.40. The first-order valence-corrected chi connectivity index (χ1v) is 12.3. The molecular formula is C26H26ClN3O4S. The van der Waals surface area contributed by atoms with E-state index >= 15 is 0 Å². The van der Waals surface area contributed by atoms with Gasteiger partial charge in [-0.2, -0.15) is 0 Å². The lowest BCUT2D eigenvalue weighted by molar-refractivity contribution is -0.152. The number of hydrogen-bond acceptors (Lipinski definition) is 6. The highest BCUT2D eigenvalue weighted by Gasteiger charge is 2.36. The molecule has 4 rings (SSSR count). The van der Waals surface area contributed by atoms with E-state index in [0.717, 1.165) is 21.7 Å². The average molecular weight is 512 g/mol. The van der Waals surface area contributed by atoms with Crippen LogP contribution in [0.15, 0.2) is 60.7 Å². The number of amides is 2. The van der Waals surface area contributed by atoms with Gasteiger partial charge >= 0.3 is 0 Å². The summed E-state index contributed by atoms with van der Waals surface area (Å²) < 4.78 is 11.1. The van der Waals surface area contributed by atoms with Gasteiger partial charge in [0, 0.05) is 49.3 Å². The molecule has 0 unspecified atom stereocenters. The Bertz CT molecular complexity index is 1210. The Morgan fingerprint density at radius 1 is 1.14 bits per heavy atom. The summed E-state index contributed by atoms with van der Waals surface area (Å²) in [6.45, 7) is 1.47. The summed E-state index contributed by atoms with van der Waals surface area (Å²) in [6, 6.07) is 16.5. The van der Waals surface area contributed by atoms with Crippen molar-refractivity contribution in [2.75, 3.05) is 33.9 Å². The van der Waals surface area contributed by atoms with Crippen molar-refractivity contribution in [2.24, 2.45) is 0 Å². The SMILES string of the molecule is COC[C@H]1C(=O)N(Cc2ccc(-c3cccc(OC)n3)cc2)CCN1C(=O)C=Cc1ccc(Cl)s1. The van der Waals surface area contributed by atoms with Gasteiger partial charge in [-0.3, -0.25) is 9.59 Å². The lowest BCUT2D eigenvalue weighted by Crippen LogP contribution is -2.59. The molecule has 7 nitrogen and oxygen atoms in total. The van der Waals surface area contributed by atoms with Crippen molar-refractivity contribution in [3.8, 4) is 17.1 Å². The smallest absolute Gasteiger partial charge is 0.248 e. The zero-order valence-electron chi connectivity index (χ0n) is 19.5. The molecule has 1 saturated heterocycles. The Balaban J connectivity index is 1.42. The van der Waals surface area contributed by atoms with Crippen LogP contribution in [-0.4, -0.2) is 66.6 Å². The molecule has 0 bridgehead atoms. The molecule has 0 saturated carbocycles. The Morgan fingerprint density at radius 2 is 1.94 bits per heavy atom. The number of nitrogens with zero attached hydrogens (tertiary/aromatic N) is 3. The predicted octanol–water partition coefficient (Wildman–Crippen LogP) is 4.37. The van der Waals surface area contributed by atoms with Gasteiger partial charge in [0.05, 0.1) is 23.7 Å². The third-order valence-corrected chi connectivity index (χ3v) is 6.93. The number of aromatic nitrogens is 1. The van der Waals surface area contributed by atoms with E-state index in [1.807, 2.05) is 42.5 Å². The van der Waals surface area contributed by atoms with E-state index in [1.165, 1.54) is 24.5 Å². The maximum Gasteiger partial charge on any atom is 0.248 e. The van der Waals surface area contributed by atoms with Crippen molar-refractivity contribution < 1.29 is 19.1 Å². The molecule has 2 amide bonds. The molecule has 0 spiro atoms. The molecule has 9 heteroatoms. The van der Waals surface area contributed by atoms with Crippen LogP contribution in [0.1, 0.15) is 10.4 Å². The molecule has 1 aliphatic heterocycles. The van der Waals surface area contributed by atoms with E-state index in [2.05, 4.69) is 4.98 Å². The second kappa shape index (κ2) is 11.5. The molecule has 1 aliphatic rings. The van der Waals surface area contributed by atoms with Gasteiger partial charge in [0.1, 0.15) is 6.04 Å². The van der Waals surface area contributed by atoms with E-state index < -0.39 is 6.04 Å². The predicted molar refractivity (Wildman–Crippen MR) is 137 cm³/mol. The van der Waals surface area contributed by atoms with Crippen molar-refractivity contribution in [1.82, 2.24) is 14.8 Å². The normalized spacial score (nSPS) is 16.2. The molecule has 3 heterocycles. The summed E-state index contributed by atoms with van der Waals surface area (Å²) in [5.41, 5.74) is 2.78. The number of hydrogen-bond donors (Lipinski definition) is 0. The van der Waals surface area contributed by atoms with Crippen molar-refractivity contribution in [1.29, 1.82) is 0 Å². The van der Waals surface area contributed by atoms with Crippen molar-refractivity contribution in [2.45, 2.75) is 12.6 Å². The van der Waals surface area contributed by atoms with Gasteiger partial charge in [0.15, 0.2) is 0 Å². The number of benzene rings is 1. The van der Waals surface area contributed by atoms with Gasteiger partial charge in [-0.25, -0.2) is 4.98 Å². The molecular weight excluding hydrogens is 486 g/mol. The van der Waals surface area contributed by atoms with Crippen LogP contribution in [0, 0.1) is 0 Å². The minimum Gasteiger partial charge on any atom is -0.481 e. The van der Waals surface area contributed by atoms with Crippen molar-refractivity contribution in [3.63, 3.8) is 0 Å². The fourth-order valence-electron chi connectivity index (χ4n) is 3.94. The third-order valence-electron chi connectivity index (χ3n) is 5.73. The topological polar surface area (TPSA) is 72.0 Å². The fraction of sp³-hybridized carbons (Fsp3) is 0.269. The van der Waals surface area contributed by atoms with E-state index in [0.29, 0.717) is 29.9 Å². The number of methoxy groups -OCH3 is 2. The summed E-state index contributed by atoms with van der Waals surface area (Å²) in [6.07, 6.45) is 3.21. The van der Waals surface area contributed by atoms with E-state index in [9.17, 15) is 9.59 Å². The van der Waals surface area contributed by atoms with Gasteiger partial charge in [-0.15, -0.1) is 11.3 Å². The number of thiophene rings is 1. The van der Waals surface area contributed by atoms with Crippen LogP contribution in [0.5, 0.6) is 5.88 Å². The molecule has 1 fully saturated rings. The minimum absolute atomic E-state index is 0.127. The molecule has 1 atom stereocenters. The summed E-state index contributed by atoms with van der Waals surface area (Å²) in [5.74, 6) is 0.208. The molecule has 0 aliphatic carbocycles. The fourth-order valence-corrected chi connectivity index (χ4v) is 4.90. The number of carbonyl (C=O) groups excluding carboxylic acids is 2. The van der Waals surface area contributed by atoms with E-state index in [4.69, 9.17) is 21.1 Å². The third kappa shape index (κ3) is 6.08. The molecule has 2 aromatic heterocycles. The summed E-state index contributed by atoms with van der Waals surface area (Å²) in [5, 5.41) is 0. The minimum atomic E-state index is -0.668. The van der Waals surface area contributed by atoms with Gasteiger partial charge < -0.3 is 19.3 Å². The van der Waals surface area contributed by atoms with Gasteiger partial charge in [-0.05, 0) is 29.8 Å². The largest absolute Gasteiger partial charge is 0.481 e. The summed E-state index contributed by atoms with van der Waals surface area (Å²) in [7, 11) is 3.12. The van der Waals surface area contributed by atoms with Crippen molar-refractivity contribution in [3.05, 3.63) is 75.5 Å². The molecule has 0 radical (unpaired) electrons. The summed E-state index contributed by atoms with van der Waals surface area (Å²) >= 11 is 7.35. The maximum atomic E-state index is 13.3. The highest BCUT2D eigenvalue weighted by molar-refractivity contribution is 7.17. The van der Waals surface area contributed by atoms with E-state index in [-0.39, 0.29) is 18.4 Å². The van der Waals surface area contributed by atoms with E-state index in [1.54, 1.807) is 35.1 Å². The van der Waals surface area contributed by atoms with Crippen LogP contribution in [0.4, 0.5) is 0 Å². The lowest BCUT2D eigenvalue weighted by atomic mass is 10.1. The van der Waals surface area contributed by atoms with Crippen molar-refractivity contribution >= 4 is 40.8 Å². The van der Waals surface area contributed by atoms with Crippen LogP contribution in [0.25, 0.3) is 17.3 Å². The van der Waals surface area contributed by atoms with Crippen LogP contribution in [-0.2, 0) is 20.9 Å². The maximum absolute atomic E-state index is 13.3. The molecule has 35 heavy (non-hydrogen) atoms. The van der Waals surface area contributed by atoms with Crippen LogP contribution in [0.3, 0.4) is 0 Å². The Kier molecular flexibility index (Phi) is 8.17. The monoisotopic (exact) mass is 511 g/mol. The first kappa shape index (κ1) is 24.9. The van der Waals surface area contributed by atoms with Crippen LogP contribution < -0.4 is 4.74 Å². The Morgan fingerprint density at radius 3 is 2.63 bits per heavy atom. The number of halogens is 1. The van der Waals surface area contributed by atoms with Gasteiger partial charge in [-0.1, -0.05) is 41.9 Å². The molecule has 3 aromatic rings. The summed E-state index contributed by atoms with van der Waals surface area (Å²) in [4.78, 5) is 34.8. The zero-order chi connectivity index (χ0) is 24.8. The number of pyridine rings is 1. The number of ether oxygens (including phenoxy) is 2. The second-order valence-electron chi connectivity index (χ2n) is 8.00.